The van der Waals surface area contributed by atoms with Crippen LogP contribution < -0.4 is 15.4 Å². The van der Waals surface area contributed by atoms with Gasteiger partial charge >= 0.3 is 5.97 Å². The number of hydrogen-bond acceptors (Lipinski definition) is 8. The van der Waals surface area contributed by atoms with Crippen LogP contribution in [-0.4, -0.2) is 82.0 Å². The number of sulfonamides is 1. The highest BCUT2D eigenvalue weighted by atomic mass is 32.2. The quantitative estimate of drug-likeness (QED) is 0.191. The molecule has 0 heterocycles. The molecule has 0 saturated carbocycles. The van der Waals surface area contributed by atoms with Crippen LogP contribution in [0.1, 0.15) is 66.2 Å². The van der Waals surface area contributed by atoms with Crippen LogP contribution in [0, 0.1) is 0 Å². The predicted octanol–water partition coefficient (Wildman–Crippen LogP) is 0.558. The van der Waals surface area contributed by atoms with Crippen molar-refractivity contribution in [2.45, 2.75) is 72.3 Å². The van der Waals surface area contributed by atoms with Gasteiger partial charge in [0.25, 0.3) is 0 Å². The summed E-state index contributed by atoms with van der Waals surface area (Å²) in [6.07, 6.45) is 1.97. The SMILES string of the molecule is CCCOCCOCCNC(=O)CCC(NC(=O)CC)C(=O)O.CCCS(=O)(=O)NC(=O)CC. The summed E-state index contributed by atoms with van der Waals surface area (Å²) in [6, 6.07) is -1.04. The lowest BCUT2D eigenvalue weighted by atomic mass is 10.1. The van der Waals surface area contributed by atoms with Gasteiger partial charge in [0, 0.05) is 32.4 Å². The number of carboxylic acids is 1. The van der Waals surface area contributed by atoms with Gasteiger partial charge in [-0.1, -0.05) is 27.7 Å². The summed E-state index contributed by atoms with van der Waals surface area (Å²) >= 11 is 0. The Labute approximate surface area is 202 Å². The van der Waals surface area contributed by atoms with E-state index in [0.29, 0.717) is 39.4 Å². The predicted molar refractivity (Wildman–Crippen MR) is 127 cm³/mol. The van der Waals surface area contributed by atoms with Crippen LogP contribution in [0.2, 0.25) is 0 Å². The third kappa shape index (κ3) is 21.6. The van der Waals surface area contributed by atoms with Crippen LogP contribution in [0.25, 0.3) is 0 Å². The van der Waals surface area contributed by atoms with Gasteiger partial charge in [-0.3, -0.25) is 19.1 Å². The number of hydrogen-bond donors (Lipinski definition) is 4. The minimum Gasteiger partial charge on any atom is -0.480 e. The number of ether oxygens (including phenoxy) is 2. The normalized spacial score (nSPS) is 11.5. The zero-order chi connectivity index (χ0) is 26.4. The Bertz CT molecular complexity index is 700. The molecular weight excluding hydrogens is 470 g/mol. The average Bonchev–Trinajstić information content (AvgIpc) is 2.77. The molecule has 0 aromatic rings. The monoisotopic (exact) mass is 511 g/mol. The Hall–Kier alpha value is -2.25. The van der Waals surface area contributed by atoms with Crippen LogP contribution in [-0.2, 0) is 38.7 Å². The summed E-state index contributed by atoms with van der Waals surface area (Å²) in [6.45, 7) is 9.44. The number of aliphatic carboxylic acids is 1. The third-order valence-electron chi connectivity index (χ3n) is 3.97. The molecule has 0 fully saturated rings. The van der Waals surface area contributed by atoms with Crippen molar-refractivity contribution in [3.05, 3.63) is 0 Å². The Kier molecular flexibility index (Phi) is 21.2. The van der Waals surface area contributed by atoms with Gasteiger partial charge in [-0.15, -0.1) is 0 Å². The number of nitrogens with one attached hydrogen (secondary N) is 3. The molecule has 13 heteroatoms. The number of carbonyl (C=O) groups is 4. The molecule has 0 radical (unpaired) electrons. The molecule has 4 N–H and O–H groups in total. The largest absolute Gasteiger partial charge is 0.480 e. The van der Waals surface area contributed by atoms with E-state index in [2.05, 4.69) is 10.6 Å². The van der Waals surface area contributed by atoms with Gasteiger partial charge in [0.05, 0.1) is 25.6 Å². The highest BCUT2D eigenvalue weighted by Gasteiger charge is 2.20. The van der Waals surface area contributed by atoms with Gasteiger partial charge in [-0.25, -0.2) is 13.2 Å². The Morgan fingerprint density at radius 1 is 0.824 bits per heavy atom. The van der Waals surface area contributed by atoms with Gasteiger partial charge < -0.3 is 25.2 Å². The zero-order valence-electron chi connectivity index (χ0n) is 20.7. The van der Waals surface area contributed by atoms with Crippen LogP contribution in [0.4, 0.5) is 0 Å². The molecule has 0 aromatic carbocycles. The van der Waals surface area contributed by atoms with Crippen molar-refractivity contribution in [3.63, 3.8) is 0 Å². The minimum atomic E-state index is -3.34. The lowest BCUT2D eigenvalue weighted by molar-refractivity contribution is -0.142. The van der Waals surface area contributed by atoms with Gasteiger partial charge in [0.2, 0.25) is 27.7 Å². The summed E-state index contributed by atoms with van der Waals surface area (Å²) in [7, 11) is -3.34. The topological polar surface area (TPSA) is 177 Å². The Morgan fingerprint density at radius 2 is 1.41 bits per heavy atom. The molecule has 0 rings (SSSR count). The summed E-state index contributed by atoms with van der Waals surface area (Å²) in [5, 5.41) is 14.0. The maximum atomic E-state index is 11.6. The highest BCUT2D eigenvalue weighted by molar-refractivity contribution is 7.90. The van der Waals surface area contributed by atoms with Gasteiger partial charge in [-0.05, 0) is 19.3 Å². The maximum Gasteiger partial charge on any atom is 0.326 e. The van der Waals surface area contributed by atoms with Gasteiger partial charge in [-0.2, -0.15) is 0 Å². The Morgan fingerprint density at radius 3 is 1.91 bits per heavy atom. The van der Waals surface area contributed by atoms with Crippen molar-refractivity contribution >= 4 is 33.7 Å². The molecule has 0 aromatic heterocycles. The summed E-state index contributed by atoms with van der Waals surface area (Å²) in [4.78, 5) is 44.4. The first kappa shape index (κ1) is 33.9. The van der Waals surface area contributed by atoms with Crippen LogP contribution >= 0.6 is 0 Å². The summed E-state index contributed by atoms with van der Waals surface area (Å²) in [5.74, 6) is -2.20. The summed E-state index contributed by atoms with van der Waals surface area (Å²) in [5.41, 5.74) is 0. The third-order valence-corrected chi connectivity index (χ3v) is 5.45. The Balaban J connectivity index is 0. The fourth-order valence-electron chi connectivity index (χ4n) is 2.21. The van der Waals surface area contributed by atoms with E-state index in [4.69, 9.17) is 14.6 Å². The van der Waals surface area contributed by atoms with Crippen molar-refractivity contribution in [1.82, 2.24) is 15.4 Å². The first-order valence-corrected chi connectivity index (χ1v) is 13.2. The van der Waals surface area contributed by atoms with E-state index in [1.165, 1.54) is 0 Å². The molecule has 0 bridgehead atoms. The molecule has 0 aliphatic carbocycles. The fourth-order valence-corrected chi connectivity index (χ4v) is 3.34. The second kappa shape index (κ2) is 21.3. The van der Waals surface area contributed by atoms with Crippen molar-refractivity contribution in [1.29, 1.82) is 0 Å². The number of rotatable bonds is 18. The van der Waals surface area contributed by atoms with Gasteiger partial charge in [0.15, 0.2) is 0 Å². The smallest absolute Gasteiger partial charge is 0.326 e. The zero-order valence-corrected chi connectivity index (χ0v) is 21.5. The maximum absolute atomic E-state index is 11.6. The van der Waals surface area contributed by atoms with E-state index >= 15 is 0 Å². The summed E-state index contributed by atoms with van der Waals surface area (Å²) < 4.78 is 34.2. The highest BCUT2D eigenvalue weighted by Crippen LogP contribution is 1.99. The number of amides is 3. The van der Waals surface area contributed by atoms with Crippen molar-refractivity contribution in [2.24, 2.45) is 0 Å². The molecule has 0 spiro atoms. The van der Waals surface area contributed by atoms with Crippen molar-refractivity contribution in [2.75, 3.05) is 38.7 Å². The molecule has 200 valence electrons. The lowest BCUT2D eigenvalue weighted by Gasteiger charge is -2.13. The second-order valence-electron chi connectivity index (χ2n) is 7.12. The standard InChI is InChI=1S/C15H28N2O6.C6H13NO3S/c1-3-8-22-10-11-23-9-7-16-14(19)6-5-12(15(20)21)17-13(18)4-2;1-3-5-11(9,10)7-6(8)4-2/h12H,3-11H2,1-2H3,(H,16,19)(H,17,18)(H,20,21);3-5H2,1-2H3,(H,7,8). The van der Waals surface area contributed by atoms with E-state index < -0.39 is 27.9 Å². The first-order valence-electron chi connectivity index (χ1n) is 11.5. The number of carbonyl (C=O) groups excluding carboxylic acids is 3. The lowest BCUT2D eigenvalue weighted by Crippen LogP contribution is -2.41. The van der Waals surface area contributed by atoms with E-state index in [0.717, 1.165) is 6.42 Å². The average molecular weight is 512 g/mol. The van der Waals surface area contributed by atoms with Crippen LogP contribution in [0.5, 0.6) is 0 Å². The van der Waals surface area contributed by atoms with Crippen molar-refractivity contribution < 1.29 is 42.2 Å². The molecule has 0 saturated heterocycles. The second-order valence-corrected chi connectivity index (χ2v) is 8.96. The molecular formula is C21H41N3O9S. The van der Waals surface area contributed by atoms with E-state index in [-0.39, 0.29) is 43.3 Å². The minimum absolute atomic E-state index is 0.0126. The van der Waals surface area contributed by atoms with Crippen molar-refractivity contribution in [3.8, 4) is 0 Å². The molecule has 1 unspecified atom stereocenters. The fraction of sp³-hybridized carbons (Fsp3) is 0.810. The van der Waals surface area contributed by atoms with Crippen LogP contribution in [0.3, 0.4) is 0 Å². The molecule has 12 nitrogen and oxygen atoms in total. The molecule has 34 heavy (non-hydrogen) atoms. The molecule has 0 aliphatic rings. The van der Waals surface area contributed by atoms with Gasteiger partial charge in [0.1, 0.15) is 6.04 Å². The molecule has 1 atom stereocenters. The van der Waals surface area contributed by atoms with Crippen LogP contribution in [0.15, 0.2) is 0 Å². The first-order chi connectivity index (χ1) is 16.0. The van der Waals surface area contributed by atoms with E-state index in [9.17, 15) is 27.6 Å². The number of carboxylic acid groups (broad SMARTS) is 1. The van der Waals surface area contributed by atoms with E-state index in [1.54, 1.807) is 20.8 Å². The van der Waals surface area contributed by atoms with E-state index in [1.807, 2.05) is 11.6 Å². The molecule has 3 amide bonds. The molecule has 0 aliphatic heterocycles.